The Kier molecular flexibility index (Phi) is 4.55. The van der Waals surface area contributed by atoms with Crippen LogP contribution >= 0.6 is 11.6 Å². The average molecular weight is 269 g/mol. The Morgan fingerprint density at radius 2 is 2.44 bits per heavy atom. The zero-order valence-corrected chi connectivity index (χ0v) is 11.2. The second kappa shape index (κ2) is 6.16. The number of carbonyl (C=O) groups is 1. The first-order chi connectivity index (χ1) is 8.70. The van der Waals surface area contributed by atoms with Crippen LogP contribution in [0.5, 0.6) is 0 Å². The van der Waals surface area contributed by atoms with Crippen LogP contribution in [0.1, 0.15) is 30.3 Å². The Bertz CT molecular complexity index is 419. The fourth-order valence-corrected chi connectivity index (χ4v) is 2.24. The Balaban J connectivity index is 2.04. The monoisotopic (exact) mass is 268 g/mol. The summed E-state index contributed by atoms with van der Waals surface area (Å²) in [6.07, 6.45) is 2.26. The minimum atomic E-state index is -0.0875. The van der Waals surface area contributed by atoms with E-state index in [1.165, 1.54) is 0 Å². The van der Waals surface area contributed by atoms with E-state index in [9.17, 15) is 4.79 Å². The molecule has 0 bridgehead atoms. The third-order valence-electron chi connectivity index (χ3n) is 3.05. The molecular weight excluding hydrogens is 252 g/mol. The van der Waals surface area contributed by atoms with Crippen molar-refractivity contribution in [2.24, 2.45) is 0 Å². The van der Waals surface area contributed by atoms with Crippen molar-refractivity contribution in [2.45, 2.75) is 25.9 Å². The maximum atomic E-state index is 12.3. The van der Waals surface area contributed by atoms with Gasteiger partial charge < -0.3 is 9.64 Å². The number of likely N-dealkylation sites (N-methyl/N-ethyl adjacent to an activating group) is 1. The van der Waals surface area contributed by atoms with E-state index < -0.39 is 0 Å². The van der Waals surface area contributed by atoms with E-state index in [4.69, 9.17) is 16.3 Å². The third kappa shape index (κ3) is 3.21. The van der Waals surface area contributed by atoms with Crippen LogP contribution < -0.4 is 0 Å². The van der Waals surface area contributed by atoms with Crippen LogP contribution in [0, 0.1) is 0 Å². The second-order valence-electron chi connectivity index (χ2n) is 4.32. The topological polar surface area (TPSA) is 42.4 Å². The summed E-state index contributed by atoms with van der Waals surface area (Å²) in [5.41, 5.74) is 0.391. The van der Waals surface area contributed by atoms with E-state index in [1.54, 1.807) is 23.1 Å². The first-order valence-corrected chi connectivity index (χ1v) is 6.62. The van der Waals surface area contributed by atoms with Crippen LogP contribution in [0.25, 0.3) is 0 Å². The van der Waals surface area contributed by atoms with Crippen molar-refractivity contribution in [1.29, 1.82) is 0 Å². The van der Waals surface area contributed by atoms with E-state index in [1.807, 2.05) is 6.92 Å². The molecule has 1 saturated heterocycles. The van der Waals surface area contributed by atoms with E-state index >= 15 is 0 Å². The van der Waals surface area contributed by atoms with Crippen molar-refractivity contribution in [3.63, 3.8) is 0 Å². The van der Waals surface area contributed by atoms with Gasteiger partial charge in [0, 0.05) is 19.7 Å². The molecule has 1 aromatic rings. The number of carbonyl (C=O) groups excluding carboxylic acids is 1. The molecular formula is C13H17ClN2O2. The van der Waals surface area contributed by atoms with E-state index in [0.717, 1.165) is 19.4 Å². The van der Waals surface area contributed by atoms with Gasteiger partial charge in [-0.15, -0.1) is 0 Å². The molecule has 4 nitrogen and oxygen atoms in total. The molecule has 0 saturated carbocycles. The summed E-state index contributed by atoms with van der Waals surface area (Å²) in [6.45, 7) is 4.03. The van der Waals surface area contributed by atoms with Crippen molar-refractivity contribution in [2.75, 3.05) is 19.7 Å². The predicted molar refractivity (Wildman–Crippen MR) is 69.8 cm³/mol. The lowest BCUT2D eigenvalue weighted by molar-refractivity contribution is 0.0535. The normalized spacial score (nSPS) is 18.9. The summed E-state index contributed by atoms with van der Waals surface area (Å²) >= 11 is 5.80. The molecule has 1 amide bonds. The highest BCUT2D eigenvalue weighted by molar-refractivity contribution is 6.29. The molecule has 0 aromatic carbocycles. The van der Waals surface area contributed by atoms with Crippen LogP contribution in [-0.4, -0.2) is 41.6 Å². The van der Waals surface area contributed by atoms with E-state index in [-0.39, 0.29) is 12.0 Å². The van der Waals surface area contributed by atoms with Gasteiger partial charge in [-0.05, 0) is 31.9 Å². The van der Waals surface area contributed by atoms with Crippen molar-refractivity contribution in [1.82, 2.24) is 9.88 Å². The lowest BCUT2D eigenvalue weighted by Gasteiger charge is -2.23. The highest BCUT2D eigenvalue weighted by Crippen LogP contribution is 2.15. The zero-order valence-electron chi connectivity index (χ0n) is 10.4. The van der Waals surface area contributed by atoms with Crippen molar-refractivity contribution < 1.29 is 9.53 Å². The fourth-order valence-electron chi connectivity index (χ4n) is 2.08. The number of amides is 1. The van der Waals surface area contributed by atoms with Crippen molar-refractivity contribution in [3.05, 3.63) is 29.0 Å². The molecule has 0 spiro atoms. The Morgan fingerprint density at radius 3 is 3.06 bits per heavy atom. The fraction of sp³-hybridized carbons (Fsp3) is 0.538. The van der Waals surface area contributed by atoms with E-state index in [2.05, 4.69) is 4.98 Å². The van der Waals surface area contributed by atoms with Crippen LogP contribution in [0.4, 0.5) is 0 Å². The summed E-state index contributed by atoms with van der Waals surface area (Å²) in [4.78, 5) is 18.1. The number of aromatic nitrogens is 1. The molecule has 1 unspecified atom stereocenters. The highest BCUT2D eigenvalue weighted by Gasteiger charge is 2.23. The van der Waals surface area contributed by atoms with Gasteiger partial charge in [0.15, 0.2) is 0 Å². The van der Waals surface area contributed by atoms with Gasteiger partial charge in [0.05, 0.1) is 6.10 Å². The summed E-state index contributed by atoms with van der Waals surface area (Å²) in [6, 6.07) is 5.09. The standard InChI is InChI=1S/C13H17ClN2O2/c1-2-16(9-10-5-4-8-18-10)13(17)11-6-3-7-12(14)15-11/h3,6-7,10H,2,4-5,8-9H2,1H3. The van der Waals surface area contributed by atoms with Gasteiger partial charge >= 0.3 is 0 Å². The van der Waals surface area contributed by atoms with Crippen molar-refractivity contribution >= 4 is 17.5 Å². The molecule has 1 aliphatic heterocycles. The van der Waals surface area contributed by atoms with Gasteiger partial charge in [-0.25, -0.2) is 4.98 Å². The number of halogens is 1. The highest BCUT2D eigenvalue weighted by atomic mass is 35.5. The average Bonchev–Trinajstić information content (AvgIpc) is 2.88. The molecule has 2 heterocycles. The first-order valence-electron chi connectivity index (χ1n) is 6.24. The summed E-state index contributed by atoms with van der Waals surface area (Å²) in [5, 5.41) is 0.342. The number of hydrogen-bond acceptors (Lipinski definition) is 3. The summed E-state index contributed by atoms with van der Waals surface area (Å²) < 4.78 is 5.55. The van der Waals surface area contributed by atoms with Crippen LogP contribution in [0.15, 0.2) is 18.2 Å². The molecule has 18 heavy (non-hydrogen) atoms. The number of pyridine rings is 1. The molecule has 0 aliphatic carbocycles. The van der Waals surface area contributed by atoms with E-state index in [0.29, 0.717) is 23.9 Å². The molecule has 5 heteroatoms. The van der Waals surface area contributed by atoms with Gasteiger partial charge in [0.1, 0.15) is 10.8 Å². The maximum Gasteiger partial charge on any atom is 0.272 e. The van der Waals surface area contributed by atoms with Crippen LogP contribution in [0.3, 0.4) is 0 Å². The molecule has 0 N–H and O–H groups in total. The maximum absolute atomic E-state index is 12.3. The second-order valence-corrected chi connectivity index (χ2v) is 4.71. The van der Waals surface area contributed by atoms with Crippen LogP contribution in [-0.2, 0) is 4.74 Å². The van der Waals surface area contributed by atoms with Gasteiger partial charge in [-0.3, -0.25) is 4.79 Å². The zero-order chi connectivity index (χ0) is 13.0. The Hall–Kier alpha value is -1.13. The molecule has 1 fully saturated rings. The molecule has 98 valence electrons. The third-order valence-corrected chi connectivity index (χ3v) is 3.26. The lowest BCUT2D eigenvalue weighted by Crippen LogP contribution is -2.37. The lowest BCUT2D eigenvalue weighted by atomic mass is 10.2. The number of hydrogen-bond donors (Lipinski definition) is 0. The number of ether oxygens (including phenoxy) is 1. The number of nitrogens with zero attached hydrogens (tertiary/aromatic N) is 2. The molecule has 1 atom stereocenters. The molecule has 1 aromatic heterocycles. The minimum Gasteiger partial charge on any atom is -0.376 e. The smallest absolute Gasteiger partial charge is 0.272 e. The van der Waals surface area contributed by atoms with Gasteiger partial charge in [0.25, 0.3) is 5.91 Å². The first kappa shape index (κ1) is 13.3. The van der Waals surface area contributed by atoms with Gasteiger partial charge in [0.2, 0.25) is 0 Å². The Morgan fingerprint density at radius 1 is 1.61 bits per heavy atom. The number of rotatable bonds is 4. The van der Waals surface area contributed by atoms with Gasteiger partial charge in [-0.2, -0.15) is 0 Å². The summed E-state index contributed by atoms with van der Waals surface area (Å²) in [5.74, 6) is -0.0875. The Labute approximate surface area is 112 Å². The van der Waals surface area contributed by atoms with Gasteiger partial charge in [-0.1, -0.05) is 17.7 Å². The largest absolute Gasteiger partial charge is 0.376 e. The molecule has 0 radical (unpaired) electrons. The molecule has 1 aliphatic rings. The predicted octanol–water partition coefficient (Wildman–Crippen LogP) is 2.38. The van der Waals surface area contributed by atoms with Crippen LogP contribution in [0.2, 0.25) is 5.15 Å². The minimum absolute atomic E-state index is 0.0875. The molecule has 2 rings (SSSR count). The SMILES string of the molecule is CCN(CC1CCCO1)C(=O)c1cccc(Cl)n1. The summed E-state index contributed by atoms with van der Waals surface area (Å²) in [7, 11) is 0. The quantitative estimate of drug-likeness (QED) is 0.788. The van der Waals surface area contributed by atoms with Crippen molar-refractivity contribution in [3.8, 4) is 0 Å².